The first-order valence-electron chi connectivity index (χ1n) is 9.65. The van der Waals surface area contributed by atoms with Crippen LogP contribution in [0.1, 0.15) is 36.2 Å². The lowest BCUT2D eigenvalue weighted by atomic mass is 9.97. The van der Waals surface area contributed by atoms with E-state index in [-0.39, 0.29) is 29.7 Å². The van der Waals surface area contributed by atoms with Crippen LogP contribution in [-0.2, 0) is 14.3 Å². The molecule has 2 heterocycles. The minimum Gasteiger partial charge on any atom is -0.466 e. The van der Waals surface area contributed by atoms with Gasteiger partial charge in [-0.2, -0.15) is 0 Å². The van der Waals surface area contributed by atoms with Crippen molar-refractivity contribution in [3.8, 4) is 0 Å². The summed E-state index contributed by atoms with van der Waals surface area (Å²) in [5, 5.41) is 5.06. The fourth-order valence-corrected chi connectivity index (χ4v) is 4.37. The number of amides is 1. The predicted molar refractivity (Wildman–Crippen MR) is 106 cm³/mol. The zero-order valence-electron chi connectivity index (χ0n) is 15.9. The highest BCUT2D eigenvalue weighted by Crippen LogP contribution is 2.26. The maximum atomic E-state index is 13.3. The molecular formula is C21H26FN2O3S+. The number of carbonyl (C=O) groups is 2. The van der Waals surface area contributed by atoms with Crippen molar-refractivity contribution < 1.29 is 23.6 Å². The monoisotopic (exact) mass is 405 g/mol. The number of piperidine rings is 1. The zero-order valence-corrected chi connectivity index (χ0v) is 16.8. The number of rotatable bonds is 7. The molecule has 0 saturated carbocycles. The van der Waals surface area contributed by atoms with Crippen molar-refractivity contribution in [3.63, 3.8) is 0 Å². The van der Waals surface area contributed by atoms with Gasteiger partial charge in [-0.15, -0.1) is 11.3 Å². The third kappa shape index (κ3) is 5.39. The van der Waals surface area contributed by atoms with Crippen molar-refractivity contribution in [2.75, 3.05) is 26.2 Å². The average molecular weight is 406 g/mol. The number of hydrogen-bond acceptors (Lipinski definition) is 4. The molecule has 150 valence electrons. The second-order valence-corrected chi connectivity index (χ2v) is 8.00. The molecule has 5 nitrogen and oxygen atoms in total. The summed E-state index contributed by atoms with van der Waals surface area (Å²) < 4.78 is 18.4. The lowest BCUT2D eigenvalue weighted by Crippen LogP contribution is -3.14. The van der Waals surface area contributed by atoms with Gasteiger partial charge in [0.15, 0.2) is 6.54 Å². The number of likely N-dealkylation sites (tertiary alicyclic amines) is 1. The van der Waals surface area contributed by atoms with E-state index in [2.05, 4.69) is 5.32 Å². The lowest BCUT2D eigenvalue weighted by Gasteiger charge is -2.28. The molecule has 7 heteroatoms. The summed E-state index contributed by atoms with van der Waals surface area (Å²) in [6.45, 7) is 4.13. The van der Waals surface area contributed by atoms with E-state index >= 15 is 0 Å². The Balaban J connectivity index is 1.58. The molecule has 1 amide bonds. The summed E-state index contributed by atoms with van der Waals surface area (Å²) in [6.07, 6.45) is 1.49. The van der Waals surface area contributed by atoms with Crippen LogP contribution in [0, 0.1) is 11.7 Å². The Morgan fingerprint density at radius 2 is 1.96 bits per heavy atom. The van der Waals surface area contributed by atoms with Crippen molar-refractivity contribution in [2.45, 2.75) is 25.8 Å². The average Bonchev–Trinajstić information content (AvgIpc) is 3.22. The normalized spacial score (nSPS) is 20.4. The van der Waals surface area contributed by atoms with Crippen molar-refractivity contribution >= 4 is 23.2 Å². The molecule has 1 aliphatic rings. The third-order valence-corrected chi connectivity index (χ3v) is 6.00. The molecule has 1 aliphatic heterocycles. The first-order valence-corrected chi connectivity index (χ1v) is 10.5. The largest absolute Gasteiger partial charge is 0.466 e. The van der Waals surface area contributed by atoms with Gasteiger partial charge in [-0.05, 0) is 36.1 Å². The topological polar surface area (TPSA) is 59.8 Å². The molecule has 2 aromatic rings. The number of carbonyl (C=O) groups excluding carboxylic acids is 2. The summed E-state index contributed by atoms with van der Waals surface area (Å²) in [5.74, 6) is -0.522. The van der Waals surface area contributed by atoms with Gasteiger partial charge in [0.2, 0.25) is 0 Å². The number of benzene rings is 1. The highest BCUT2D eigenvalue weighted by Gasteiger charge is 2.30. The third-order valence-electron chi connectivity index (χ3n) is 5.06. The number of esters is 1. The van der Waals surface area contributed by atoms with E-state index in [0.717, 1.165) is 36.4 Å². The number of thiophene rings is 1. The van der Waals surface area contributed by atoms with Crippen LogP contribution in [0.4, 0.5) is 4.39 Å². The minimum atomic E-state index is -0.297. The summed E-state index contributed by atoms with van der Waals surface area (Å²) in [4.78, 5) is 26.7. The molecule has 1 fully saturated rings. The van der Waals surface area contributed by atoms with Gasteiger partial charge in [0.05, 0.1) is 31.7 Å². The highest BCUT2D eigenvalue weighted by atomic mass is 32.1. The summed E-state index contributed by atoms with van der Waals surface area (Å²) in [7, 11) is 0. The van der Waals surface area contributed by atoms with Crippen LogP contribution in [-0.4, -0.2) is 38.1 Å². The van der Waals surface area contributed by atoms with Crippen molar-refractivity contribution in [2.24, 2.45) is 5.92 Å². The van der Waals surface area contributed by atoms with Gasteiger partial charge in [0.1, 0.15) is 5.82 Å². The minimum absolute atomic E-state index is 0.0488. The van der Waals surface area contributed by atoms with Gasteiger partial charge in [0.25, 0.3) is 5.91 Å². The number of halogens is 1. The Morgan fingerprint density at radius 3 is 2.57 bits per heavy atom. The van der Waals surface area contributed by atoms with Gasteiger partial charge in [0, 0.05) is 17.7 Å². The smallest absolute Gasteiger partial charge is 0.309 e. The van der Waals surface area contributed by atoms with E-state index in [1.54, 1.807) is 23.5 Å². The van der Waals surface area contributed by atoms with Crippen molar-refractivity contribution in [1.82, 2.24) is 5.32 Å². The summed E-state index contributed by atoms with van der Waals surface area (Å²) >= 11 is 1.56. The molecule has 0 spiro atoms. The molecule has 3 rings (SSSR count). The van der Waals surface area contributed by atoms with Crippen molar-refractivity contribution in [3.05, 3.63) is 58.0 Å². The number of ether oxygens (including phenoxy) is 1. The Hall–Kier alpha value is -2.25. The van der Waals surface area contributed by atoms with E-state index in [1.807, 2.05) is 24.4 Å². The SMILES string of the molecule is CCOC(=O)C1CC[NH+](CC(=O)N[C@@H](c2ccc(F)cc2)c2cccs2)CC1. The predicted octanol–water partition coefficient (Wildman–Crippen LogP) is 1.95. The van der Waals surface area contributed by atoms with Crippen LogP contribution in [0.15, 0.2) is 41.8 Å². The van der Waals surface area contributed by atoms with Gasteiger partial charge >= 0.3 is 5.97 Å². The van der Waals surface area contributed by atoms with E-state index in [0.29, 0.717) is 13.2 Å². The fraction of sp³-hybridized carbons (Fsp3) is 0.429. The fourth-order valence-electron chi connectivity index (χ4n) is 3.57. The molecule has 0 aliphatic carbocycles. The van der Waals surface area contributed by atoms with Crippen LogP contribution in [0.2, 0.25) is 0 Å². The first kappa shape index (κ1) is 20.5. The maximum Gasteiger partial charge on any atom is 0.309 e. The summed E-state index contributed by atoms with van der Waals surface area (Å²) in [5.41, 5.74) is 0.855. The van der Waals surface area contributed by atoms with Crippen LogP contribution in [0.3, 0.4) is 0 Å². The molecule has 1 atom stereocenters. The van der Waals surface area contributed by atoms with Crippen molar-refractivity contribution in [1.29, 1.82) is 0 Å². The van der Waals surface area contributed by atoms with E-state index in [9.17, 15) is 14.0 Å². The summed E-state index contributed by atoms with van der Waals surface area (Å²) in [6, 6.07) is 9.85. The standard InChI is InChI=1S/C21H25FN2O3S/c1-2-27-21(26)16-9-11-24(12-10-16)14-19(25)23-20(18-4-3-13-28-18)15-5-7-17(22)8-6-15/h3-8,13,16,20H,2,9-12,14H2,1H3,(H,23,25)/p+1/t20-/m0/s1. The Labute approximate surface area is 168 Å². The molecule has 2 N–H and O–H groups in total. The van der Waals surface area contributed by atoms with Gasteiger partial charge < -0.3 is 15.0 Å². The Kier molecular flexibility index (Phi) is 7.17. The number of nitrogens with one attached hydrogen (secondary N) is 2. The second-order valence-electron chi connectivity index (χ2n) is 7.02. The number of quaternary nitrogens is 1. The van der Waals surface area contributed by atoms with Crippen LogP contribution in [0.5, 0.6) is 0 Å². The maximum absolute atomic E-state index is 13.3. The Morgan fingerprint density at radius 1 is 1.25 bits per heavy atom. The molecular weight excluding hydrogens is 379 g/mol. The second kappa shape index (κ2) is 9.80. The molecule has 0 unspecified atom stereocenters. The quantitative estimate of drug-likeness (QED) is 0.693. The molecule has 1 aromatic carbocycles. The first-order chi connectivity index (χ1) is 13.6. The highest BCUT2D eigenvalue weighted by molar-refractivity contribution is 7.10. The van der Waals surface area contributed by atoms with Gasteiger partial charge in [-0.1, -0.05) is 18.2 Å². The molecule has 28 heavy (non-hydrogen) atoms. The Bertz CT molecular complexity index is 771. The molecule has 0 radical (unpaired) electrons. The molecule has 1 saturated heterocycles. The van der Waals surface area contributed by atoms with Gasteiger partial charge in [-0.3, -0.25) is 9.59 Å². The molecule has 1 aromatic heterocycles. The van der Waals surface area contributed by atoms with Crippen LogP contribution in [0.25, 0.3) is 0 Å². The van der Waals surface area contributed by atoms with Crippen LogP contribution < -0.4 is 10.2 Å². The molecule has 0 bridgehead atoms. The van der Waals surface area contributed by atoms with E-state index in [1.165, 1.54) is 17.0 Å². The lowest BCUT2D eigenvalue weighted by molar-refractivity contribution is -0.897. The van der Waals surface area contributed by atoms with E-state index in [4.69, 9.17) is 4.74 Å². The van der Waals surface area contributed by atoms with Crippen LogP contribution >= 0.6 is 11.3 Å². The van der Waals surface area contributed by atoms with Gasteiger partial charge in [-0.25, -0.2) is 4.39 Å². The zero-order chi connectivity index (χ0) is 19.9. The number of hydrogen-bond donors (Lipinski definition) is 2. The van der Waals surface area contributed by atoms with E-state index < -0.39 is 0 Å².